The summed E-state index contributed by atoms with van der Waals surface area (Å²) in [6.45, 7) is 19.1. The molecular formula is C63H73N17O12S5. The molecule has 0 atom stereocenters. The van der Waals surface area contributed by atoms with Crippen LogP contribution >= 0.6 is 34.4 Å². The average Bonchev–Trinajstić information content (AvgIpc) is 1.78. The van der Waals surface area contributed by atoms with Gasteiger partial charge in [0.25, 0.3) is 32.1 Å². The van der Waals surface area contributed by atoms with E-state index in [0.717, 1.165) is 71.2 Å². The van der Waals surface area contributed by atoms with Crippen LogP contribution in [0.4, 0.5) is 79.3 Å². The maximum absolute atomic E-state index is 13.7. The largest absolute Gasteiger partial charge is 0.378 e. The van der Waals surface area contributed by atoms with Crippen LogP contribution in [-0.2, 0) is 48.9 Å². The number of morpholine rings is 2. The molecule has 0 unspecified atom stereocenters. The molecule has 5 heterocycles. The predicted molar refractivity (Wildman–Crippen MR) is 378 cm³/mol. The Kier molecular flexibility index (Phi) is 24.8. The molecule has 2 fully saturated rings. The number of carbonyl (C=O) groups is 4. The summed E-state index contributed by atoms with van der Waals surface area (Å²) >= 11 is 3.67. The number of rotatable bonds is 30. The molecule has 0 radical (unpaired) electrons. The van der Waals surface area contributed by atoms with E-state index < -0.39 is 43.6 Å². The van der Waals surface area contributed by atoms with Crippen molar-refractivity contribution in [2.24, 2.45) is 20.5 Å². The molecule has 2 saturated heterocycles. The van der Waals surface area contributed by atoms with Crippen molar-refractivity contribution in [1.82, 2.24) is 24.9 Å². The van der Waals surface area contributed by atoms with Crippen LogP contribution in [0, 0.1) is 0 Å². The fraction of sp³-hybridized carbons (Fsp3) is 0.349. The summed E-state index contributed by atoms with van der Waals surface area (Å²) in [6, 6.07) is 21.0. The van der Waals surface area contributed by atoms with Crippen molar-refractivity contribution in [3.05, 3.63) is 106 Å². The molecule has 97 heavy (non-hydrogen) atoms. The molecule has 0 aliphatic carbocycles. The Balaban J connectivity index is 1.06. The number of azo groups is 2. The third kappa shape index (κ3) is 19.4. The number of ketones is 2. The van der Waals surface area contributed by atoms with Crippen molar-refractivity contribution in [3.8, 4) is 0 Å². The zero-order chi connectivity index (χ0) is 69.4. The first-order valence-electron chi connectivity index (χ1n) is 31.0. The van der Waals surface area contributed by atoms with Crippen molar-refractivity contribution in [1.29, 1.82) is 0 Å². The van der Waals surface area contributed by atoms with Gasteiger partial charge in [0.05, 0.1) is 68.5 Å². The van der Waals surface area contributed by atoms with Gasteiger partial charge in [0, 0.05) is 80.9 Å². The van der Waals surface area contributed by atoms with Gasteiger partial charge in [-0.2, -0.15) is 41.8 Å². The van der Waals surface area contributed by atoms with E-state index in [1.165, 1.54) is 62.0 Å². The van der Waals surface area contributed by atoms with E-state index >= 15 is 0 Å². The van der Waals surface area contributed by atoms with Crippen LogP contribution in [0.25, 0.3) is 12.2 Å². The highest BCUT2D eigenvalue weighted by Gasteiger charge is 2.26. The van der Waals surface area contributed by atoms with Crippen LogP contribution in [0.1, 0.15) is 71.1 Å². The third-order valence-electron chi connectivity index (χ3n) is 15.0. The van der Waals surface area contributed by atoms with Gasteiger partial charge in [-0.05, 0) is 145 Å². The SMILES string of the molecule is CCCCSc1nc(Nc2cc(N(CC)CC)ccc2N=Nc2nc(N3CCOCC3)c(C=C(C(C)=O)C(=O)Nc3ccc(S(=O)(=O)O)cc3)s2)nc(Nc2cc(N(CC)CC)ccc2N=Nc2nc(N3CCOCC3)c(C=C(C(C)=O)C(=O)Nc3ccc(S(=O)(=O)O)cc3)s2)n1. The molecule has 7 aromatic rings. The molecule has 29 nitrogen and oxygen atoms in total. The number of amides is 2. The van der Waals surface area contributed by atoms with Crippen LogP contribution in [0.5, 0.6) is 0 Å². The Morgan fingerprint density at radius 3 is 1.31 bits per heavy atom. The lowest BCUT2D eigenvalue weighted by molar-refractivity contribution is -0.120. The van der Waals surface area contributed by atoms with Crippen LogP contribution < -0.4 is 40.9 Å². The van der Waals surface area contributed by atoms with E-state index in [0.29, 0.717) is 134 Å². The minimum absolute atomic E-state index is 0.168. The number of thioether (sulfide) groups is 1. The number of ether oxygens (including phenoxy) is 2. The first kappa shape index (κ1) is 72.3. The number of hydrogen-bond acceptors (Lipinski definition) is 28. The Morgan fingerprint density at radius 1 is 0.567 bits per heavy atom. The lowest BCUT2D eigenvalue weighted by Gasteiger charge is -2.27. The number of carbonyl (C=O) groups excluding carboxylic acids is 4. The molecule has 0 bridgehead atoms. The van der Waals surface area contributed by atoms with E-state index in [-0.39, 0.29) is 54.5 Å². The standard InChI is InChI=1S/C63H73N17O12S5/c1-8-13-34-93-61-71-59(66-51-35-43(77(9-2)10-3)18-24-49(51)73-75-62-68-55(79-26-30-91-31-27-79)53(94-62)37-47(39(6)81)57(83)64-41-14-20-45(21-15-41)96(85,86)87)70-60(72-61)67-52-36-44(78(11-4)12-5)19-25-50(52)74-76-63-69-56(80-28-32-92-33-29-80)54(95-63)38-48(40(7)82)58(84)65-42-16-22-46(23-17-42)97(88,89)90/h14-25,35-38H,8-13,26-34H2,1-7H3,(H,64,83)(H,65,84)(H,85,86,87)(H,88,89,90)(H2,66,67,70,71,72). The molecule has 0 saturated carbocycles. The number of benzene rings is 4. The highest BCUT2D eigenvalue weighted by molar-refractivity contribution is 7.99. The van der Waals surface area contributed by atoms with Crippen molar-refractivity contribution < 1.29 is 54.6 Å². The summed E-state index contributed by atoms with van der Waals surface area (Å²) in [6.07, 6.45) is 4.69. The van der Waals surface area contributed by atoms with Gasteiger partial charge in [0.15, 0.2) is 16.7 Å². The molecule has 0 spiro atoms. The molecule has 9 rings (SSSR count). The van der Waals surface area contributed by atoms with Gasteiger partial charge in [-0.1, -0.05) is 47.8 Å². The molecule has 3 aromatic heterocycles. The predicted octanol–water partition coefficient (Wildman–Crippen LogP) is 12.1. The summed E-state index contributed by atoms with van der Waals surface area (Å²) in [5.41, 5.74) is 3.41. The molecule has 2 aliphatic heterocycles. The molecule has 6 N–H and O–H groups in total. The van der Waals surface area contributed by atoms with Crippen molar-refractivity contribution in [2.45, 2.75) is 76.3 Å². The van der Waals surface area contributed by atoms with Crippen molar-refractivity contribution >= 4 is 169 Å². The number of aromatic nitrogens is 5. The normalized spacial score (nSPS) is 14.1. The maximum atomic E-state index is 13.7. The van der Waals surface area contributed by atoms with Gasteiger partial charge >= 0.3 is 0 Å². The molecule has 4 aromatic carbocycles. The number of unbranched alkanes of at least 4 members (excludes halogenated alkanes) is 1. The smallest absolute Gasteiger partial charge is 0.294 e. The van der Waals surface area contributed by atoms with E-state index in [1.807, 2.05) is 46.2 Å². The maximum Gasteiger partial charge on any atom is 0.294 e. The lowest BCUT2D eigenvalue weighted by atomic mass is 10.1. The Labute approximate surface area is 573 Å². The van der Waals surface area contributed by atoms with Gasteiger partial charge in [0.1, 0.15) is 23.0 Å². The molecule has 512 valence electrons. The fourth-order valence-corrected chi connectivity index (χ4v) is 13.5. The van der Waals surface area contributed by atoms with Gasteiger partial charge in [-0.3, -0.25) is 28.3 Å². The minimum Gasteiger partial charge on any atom is -0.378 e. The highest BCUT2D eigenvalue weighted by atomic mass is 32.2. The summed E-state index contributed by atoms with van der Waals surface area (Å²) in [7, 11) is -8.97. The molecule has 34 heteroatoms. The number of Topliss-reactive ketones (excluding diaryl/α,β-unsaturated/α-hetero) is 2. The highest BCUT2D eigenvalue weighted by Crippen LogP contribution is 2.41. The number of hydrogen-bond donors (Lipinski definition) is 6. The first-order valence-corrected chi connectivity index (χ1v) is 36.5. The van der Waals surface area contributed by atoms with Crippen LogP contribution in [-0.4, -0.2) is 159 Å². The zero-order valence-corrected chi connectivity index (χ0v) is 58.3. The van der Waals surface area contributed by atoms with Crippen molar-refractivity contribution in [3.63, 3.8) is 0 Å². The second-order valence-corrected chi connectivity index (χ2v) is 27.5. The molecule has 2 aliphatic rings. The minimum atomic E-state index is -4.49. The van der Waals surface area contributed by atoms with Gasteiger partial charge in [0.2, 0.25) is 22.2 Å². The average molecular weight is 1420 g/mol. The number of nitrogens with one attached hydrogen (secondary N) is 4. The Hall–Kier alpha value is -9.00. The quantitative estimate of drug-likeness (QED) is 0.00463. The fourth-order valence-electron chi connectivity index (χ4n) is 9.90. The monoisotopic (exact) mass is 1420 g/mol. The van der Waals surface area contributed by atoms with Crippen LogP contribution in [0.3, 0.4) is 0 Å². The van der Waals surface area contributed by atoms with E-state index in [4.69, 9.17) is 44.6 Å². The number of anilines is 10. The lowest BCUT2D eigenvalue weighted by Crippen LogP contribution is -2.36. The Bertz CT molecular complexity index is 4090. The number of thiazole rings is 2. The summed E-state index contributed by atoms with van der Waals surface area (Å²) in [4.78, 5) is 86.7. The second-order valence-electron chi connectivity index (χ2n) is 21.6. The molecular weight excluding hydrogens is 1350 g/mol. The van der Waals surface area contributed by atoms with Gasteiger partial charge in [-0.25, -0.2) is 0 Å². The summed E-state index contributed by atoms with van der Waals surface area (Å²) < 4.78 is 76.8. The van der Waals surface area contributed by atoms with E-state index in [9.17, 15) is 45.1 Å². The zero-order valence-electron chi connectivity index (χ0n) is 54.2. The van der Waals surface area contributed by atoms with Crippen LogP contribution in [0.15, 0.2) is 131 Å². The topological polar surface area (TPSA) is 370 Å². The Morgan fingerprint density at radius 2 is 0.959 bits per heavy atom. The van der Waals surface area contributed by atoms with Gasteiger partial charge < -0.3 is 50.3 Å². The van der Waals surface area contributed by atoms with E-state index in [1.54, 1.807) is 0 Å². The third-order valence-corrected chi connectivity index (χ3v) is 19.4. The summed E-state index contributed by atoms with van der Waals surface area (Å²) in [5.74, 6) is -0.680. The van der Waals surface area contributed by atoms with Gasteiger partial charge in [-0.15, -0.1) is 20.5 Å². The second kappa shape index (κ2) is 33.3. The van der Waals surface area contributed by atoms with E-state index in [2.05, 4.69) is 75.9 Å². The number of nitrogens with zero attached hydrogens (tertiary/aromatic N) is 13. The van der Waals surface area contributed by atoms with Crippen molar-refractivity contribution in [2.75, 3.05) is 125 Å². The molecule has 2 amide bonds. The first-order chi connectivity index (χ1) is 46.5. The summed E-state index contributed by atoms with van der Waals surface area (Å²) in [5, 5.41) is 31.7. The van der Waals surface area contributed by atoms with Crippen LogP contribution in [0.2, 0.25) is 0 Å².